The molecule has 0 aliphatic carbocycles. The van der Waals surface area contributed by atoms with Crippen molar-refractivity contribution in [3.8, 4) is 5.75 Å². The molecule has 2 rings (SSSR count). The molecule has 0 heterocycles. The third-order valence-electron chi connectivity index (χ3n) is 2.51. The lowest BCUT2D eigenvalue weighted by molar-refractivity contribution is 0.341. The quantitative estimate of drug-likeness (QED) is 0.841. The van der Waals surface area contributed by atoms with Gasteiger partial charge >= 0.3 is 0 Å². The highest BCUT2D eigenvalue weighted by molar-refractivity contribution is 5.56. The first-order valence-corrected chi connectivity index (χ1v) is 5.90. The van der Waals surface area contributed by atoms with Crippen LogP contribution in [0.25, 0.3) is 0 Å². The first-order chi connectivity index (χ1) is 8.40. The molecule has 0 aliphatic heterocycles. The van der Waals surface area contributed by atoms with Gasteiger partial charge in [0.2, 0.25) is 0 Å². The van der Waals surface area contributed by atoms with E-state index in [1.165, 1.54) is 5.56 Å². The minimum Gasteiger partial charge on any atom is -0.492 e. The zero-order chi connectivity index (χ0) is 11.9. The second-order valence-electron chi connectivity index (χ2n) is 3.77. The van der Waals surface area contributed by atoms with Gasteiger partial charge in [-0.1, -0.05) is 42.5 Å². The van der Waals surface area contributed by atoms with E-state index < -0.39 is 0 Å². The summed E-state index contributed by atoms with van der Waals surface area (Å²) in [5.74, 6) is 0.908. The standard InChI is InChI=1S/C15H17NO/c1-2-17-15-11-7-6-10-14(15)16-12-13-8-4-3-5-9-13/h3-11,16H,2,12H2,1H3. The molecule has 2 heteroatoms. The van der Waals surface area contributed by atoms with Gasteiger partial charge in [0.05, 0.1) is 12.3 Å². The predicted molar refractivity (Wildman–Crippen MR) is 71.4 cm³/mol. The van der Waals surface area contributed by atoms with Crippen molar-refractivity contribution in [1.82, 2.24) is 0 Å². The Kier molecular flexibility index (Phi) is 4.03. The van der Waals surface area contributed by atoms with E-state index in [1.54, 1.807) is 0 Å². The highest BCUT2D eigenvalue weighted by atomic mass is 16.5. The molecular weight excluding hydrogens is 210 g/mol. The lowest BCUT2D eigenvalue weighted by Gasteiger charge is -2.12. The van der Waals surface area contributed by atoms with E-state index in [2.05, 4.69) is 17.4 Å². The number of benzene rings is 2. The Morgan fingerprint density at radius 1 is 0.941 bits per heavy atom. The van der Waals surface area contributed by atoms with Gasteiger partial charge in [-0.3, -0.25) is 0 Å². The van der Waals surface area contributed by atoms with E-state index in [4.69, 9.17) is 4.74 Å². The number of hydrogen-bond acceptors (Lipinski definition) is 2. The first-order valence-electron chi connectivity index (χ1n) is 5.90. The van der Waals surface area contributed by atoms with E-state index in [-0.39, 0.29) is 0 Å². The zero-order valence-electron chi connectivity index (χ0n) is 10.0. The molecule has 0 bridgehead atoms. The van der Waals surface area contributed by atoms with Gasteiger partial charge in [0.1, 0.15) is 5.75 Å². The Bertz CT molecular complexity index is 453. The molecule has 0 spiro atoms. The summed E-state index contributed by atoms with van der Waals surface area (Å²) in [5.41, 5.74) is 2.30. The molecule has 0 radical (unpaired) electrons. The maximum atomic E-state index is 5.56. The summed E-state index contributed by atoms with van der Waals surface area (Å²) in [6.07, 6.45) is 0. The molecule has 17 heavy (non-hydrogen) atoms. The lowest BCUT2D eigenvalue weighted by atomic mass is 10.2. The highest BCUT2D eigenvalue weighted by Crippen LogP contribution is 2.24. The SMILES string of the molecule is CCOc1ccccc1NCc1ccccc1. The number of hydrogen-bond donors (Lipinski definition) is 1. The number of para-hydroxylation sites is 2. The minimum absolute atomic E-state index is 0.685. The van der Waals surface area contributed by atoms with Gasteiger partial charge in [-0.05, 0) is 24.6 Å². The van der Waals surface area contributed by atoms with Crippen LogP contribution in [0.1, 0.15) is 12.5 Å². The molecule has 2 aromatic rings. The molecule has 0 aliphatic rings. The Hall–Kier alpha value is -1.96. The average Bonchev–Trinajstić information content (AvgIpc) is 2.39. The van der Waals surface area contributed by atoms with Crippen LogP contribution in [0.5, 0.6) is 5.75 Å². The first kappa shape index (κ1) is 11.5. The zero-order valence-corrected chi connectivity index (χ0v) is 10.0. The lowest BCUT2D eigenvalue weighted by Crippen LogP contribution is -2.02. The van der Waals surface area contributed by atoms with E-state index in [1.807, 2.05) is 49.4 Å². The van der Waals surface area contributed by atoms with Crippen molar-refractivity contribution in [2.75, 3.05) is 11.9 Å². The van der Waals surface area contributed by atoms with Crippen LogP contribution in [0.15, 0.2) is 54.6 Å². The van der Waals surface area contributed by atoms with Gasteiger partial charge in [-0.25, -0.2) is 0 Å². The summed E-state index contributed by atoms with van der Waals surface area (Å²) in [4.78, 5) is 0. The molecule has 2 aromatic carbocycles. The molecule has 1 N–H and O–H groups in total. The van der Waals surface area contributed by atoms with Crippen LogP contribution < -0.4 is 10.1 Å². The second-order valence-corrected chi connectivity index (χ2v) is 3.77. The fourth-order valence-electron chi connectivity index (χ4n) is 1.69. The average molecular weight is 227 g/mol. The van der Waals surface area contributed by atoms with Crippen LogP contribution >= 0.6 is 0 Å². The predicted octanol–water partition coefficient (Wildman–Crippen LogP) is 3.70. The molecule has 0 unspecified atom stereocenters. The van der Waals surface area contributed by atoms with Crippen molar-refractivity contribution in [2.24, 2.45) is 0 Å². The molecular formula is C15H17NO. The summed E-state index contributed by atoms with van der Waals surface area (Å²) in [6, 6.07) is 18.3. The topological polar surface area (TPSA) is 21.3 Å². The van der Waals surface area contributed by atoms with Crippen molar-refractivity contribution >= 4 is 5.69 Å². The van der Waals surface area contributed by atoms with Crippen LogP contribution in [-0.2, 0) is 6.54 Å². The van der Waals surface area contributed by atoms with Crippen LogP contribution in [0.3, 0.4) is 0 Å². The van der Waals surface area contributed by atoms with Crippen molar-refractivity contribution in [1.29, 1.82) is 0 Å². The Labute approximate surface area is 102 Å². The van der Waals surface area contributed by atoms with Crippen LogP contribution in [0.4, 0.5) is 5.69 Å². The molecule has 0 saturated carbocycles. The van der Waals surface area contributed by atoms with Gasteiger partial charge < -0.3 is 10.1 Å². The Morgan fingerprint density at radius 2 is 1.65 bits per heavy atom. The van der Waals surface area contributed by atoms with E-state index >= 15 is 0 Å². The van der Waals surface area contributed by atoms with Crippen LogP contribution in [-0.4, -0.2) is 6.61 Å². The van der Waals surface area contributed by atoms with Gasteiger partial charge in [0, 0.05) is 6.54 Å². The molecule has 0 saturated heterocycles. The van der Waals surface area contributed by atoms with Crippen LogP contribution in [0, 0.1) is 0 Å². The summed E-state index contributed by atoms with van der Waals surface area (Å²) in [7, 11) is 0. The van der Waals surface area contributed by atoms with Crippen molar-refractivity contribution < 1.29 is 4.74 Å². The monoisotopic (exact) mass is 227 g/mol. The van der Waals surface area contributed by atoms with Gasteiger partial charge in [-0.2, -0.15) is 0 Å². The van der Waals surface area contributed by atoms with E-state index in [0.717, 1.165) is 18.0 Å². The summed E-state index contributed by atoms with van der Waals surface area (Å²) in [6.45, 7) is 3.49. The van der Waals surface area contributed by atoms with E-state index in [9.17, 15) is 0 Å². The number of rotatable bonds is 5. The molecule has 88 valence electrons. The van der Waals surface area contributed by atoms with Gasteiger partial charge in [-0.15, -0.1) is 0 Å². The highest BCUT2D eigenvalue weighted by Gasteiger charge is 2.01. The van der Waals surface area contributed by atoms with E-state index in [0.29, 0.717) is 6.61 Å². The van der Waals surface area contributed by atoms with Gasteiger partial charge in [0.25, 0.3) is 0 Å². The summed E-state index contributed by atoms with van der Waals surface area (Å²) >= 11 is 0. The second kappa shape index (κ2) is 5.94. The summed E-state index contributed by atoms with van der Waals surface area (Å²) in [5, 5.41) is 3.39. The normalized spacial score (nSPS) is 9.94. The smallest absolute Gasteiger partial charge is 0.142 e. The van der Waals surface area contributed by atoms with Crippen molar-refractivity contribution in [3.05, 3.63) is 60.2 Å². The number of nitrogens with one attached hydrogen (secondary N) is 1. The van der Waals surface area contributed by atoms with Crippen molar-refractivity contribution in [2.45, 2.75) is 13.5 Å². The fraction of sp³-hybridized carbons (Fsp3) is 0.200. The third kappa shape index (κ3) is 3.25. The molecule has 0 amide bonds. The number of anilines is 1. The Balaban J connectivity index is 2.03. The van der Waals surface area contributed by atoms with Crippen LogP contribution in [0.2, 0.25) is 0 Å². The Morgan fingerprint density at radius 3 is 2.41 bits per heavy atom. The molecule has 2 nitrogen and oxygen atoms in total. The molecule has 0 atom stereocenters. The molecule has 0 fully saturated rings. The summed E-state index contributed by atoms with van der Waals surface area (Å²) < 4.78 is 5.56. The maximum Gasteiger partial charge on any atom is 0.142 e. The number of ether oxygens (including phenoxy) is 1. The maximum absolute atomic E-state index is 5.56. The van der Waals surface area contributed by atoms with Gasteiger partial charge in [0.15, 0.2) is 0 Å². The largest absolute Gasteiger partial charge is 0.492 e. The minimum atomic E-state index is 0.685. The fourth-order valence-corrected chi connectivity index (χ4v) is 1.69. The third-order valence-corrected chi connectivity index (χ3v) is 2.51. The molecule has 0 aromatic heterocycles. The van der Waals surface area contributed by atoms with Crippen molar-refractivity contribution in [3.63, 3.8) is 0 Å².